The van der Waals surface area contributed by atoms with E-state index in [0.29, 0.717) is 11.5 Å². The van der Waals surface area contributed by atoms with Gasteiger partial charge in [0, 0.05) is 23.9 Å². The number of fused-ring (bicyclic) bond motifs is 4. The first-order chi connectivity index (χ1) is 24.0. The third kappa shape index (κ3) is 6.12. The number of pyridine rings is 2. The monoisotopic (exact) mass is 843 g/mol. The molecule has 1 aliphatic carbocycles. The van der Waals surface area contributed by atoms with Crippen molar-refractivity contribution in [2.75, 3.05) is 0 Å². The van der Waals surface area contributed by atoms with Crippen LogP contribution in [-0.2, 0) is 37.3 Å². The van der Waals surface area contributed by atoms with Gasteiger partial charge in [-0.3, -0.25) is 4.98 Å². The van der Waals surface area contributed by atoms with Crippen LogP contribution in [0.25, 0.3) is 33.2 Å². The second-order valence-corrected chi connectivity index (χ2v) is 15.4. The van der Waals surface area contributed by atoms with E-state index < -0.39 is 5.41 Å². The zero-order valence-electron chi connectivity index (χ0n) is 29.8. The molecule has 0 atom stereocenters. The molecule has 5 aromatic carbocycles. The van der Waals surface area contributed by atoms with Gasteiger partial charge in [0.25, 0.3) is 0 Å². The van der Waals surface area contributed by atoms with Gasteiger partial charge in [-0.2, -0.15) is 12.1 Å². The number of rotatable bonds is 5. The topological polar surface area (TPSA) is 35.0 Å². The van der Waals surface area contributed by atoms with E-state index >= 15 is 0 Å². The Hall–Kier alpha value is -4.85. The van der Waals surface area contributed by atoms with E-state index in [0.717, 1.165) is 33.3 Å². The molecule has 0 spiro atoms. The summed E-state index contributed by atoms with van der Waals surface area (Å²) in [6.07, 6.45) is 3.81. The van der Waals surface area contributed by atoms with Crippen LogP contribution in [0, 0.1) is 12.1 Å². The third-order valence-corrected chi connectivity index (χ3v) is 9.99. The fraction of sp³-hybridized carbons (Fsp3) is 0.191. The summed E-state index contributed by atoms with van der Waals surface area (Å²) in [6, 6.07) is 49.9. The van der Waals surface area contributed by atoms with Crippen LogP contribution in [0.15, 0.2) is 134 Å². The third-order valence-electron chi connectivity index (χ3n) is 9.99. The maximum Gasteiger partial charge on any atom is 2.00 e. The molecule has 0 radical (unpaired) electrons. The fourth-order valence-electron chi connectivity index (χ4n) is 7.28. The molecule has 1 aliphatic rings. The predicted octanol–water partition coefficient (Wildman–Crippen LogP) is 11.6. The van der Waals surface area contributed by atoms with E-state index in [2.05, 4.69) is 133 Å². The van der Waals surface area contributed by atoms with Crippen LogP contribution >= 0.6 is 0 Å². The summed E-state index contributed by atoms with van der Waals surface area (Å²) in [4.78, 5) is 9.82. The van der Waals surface area contributed by atoms with Crippen molar-refractivity contribution in [1.29, 1.82) is 0 Å². The van der Waals surface area contributed by atoms with Crippen LogP contribution in [0.3, 0.4) is 0 Å². The maximum atomic E-state index is 6.58. The van der Waals surface area contributed by atoms with Crippen LogP contribution in [-0.4, -0.2) is 9.97 Å². The molecule has 0 amide bonds. The number of aromatic nitrogens is 2. The van der Waals surface area contributed by atoms with Gasteiger partial charge in [-0.25, -0.2) is 0 Å². The number of benzene rings is 5. The van der Waals surface area contributed by atoms with Gasteiger partial charge in [-0.15, -0.1) is 41.5 Å². The molecular formula is C47H40N2OPt. The summed E-state index contributed by atoms with van der Waals surface area (Å²) in [5.74, 6) is 1.22. The Balaban J connectivity index is 0.00000406. The zero-order valence-corrected chi connectivity index (χ0v) is 32.1. The van der Waals surface area contributed by atoms with Gasteiger partial charge in [0.05, 0.1) is 11.1 Å². The molecule has 2 aromatic heterocycles. The second kappa shape index (κ2) is 13.0. The predicted molar refractivity (Wildman–Crippen MR) is 204 cm³/mol. The molecule has 8 rings (SSSR count). The van der Waals surface area contributed by atoms with Crippen molar-refractivity contribution in [3.05, 3.63) is 179 Å². The Morgan fingerprint density at radius 2 is 1.18 bits per heavy atom. The summed E-state index contributed by atoms with van der Waals surface area (Å²) >= 11 is 0. The van der Waals surface area contributed by atoms with E-state index in [1.165, 1.54) is 33.4 Å². The van der Waals surface area contributed by atoms with Crippen LogP contribution < -0.4 is 4.74 Å². The van der Waals surface area contributed by atoms with Gasteiger partial charge in [0.15, 0.2) is 0 Å². The summed E-state index contributed by atoms with van der Waals surface area (Å²) < 4.78 is 6.58. The second-order valence-electron chi connectivity index (χ2n) is 15.4. The summed E-state index contributed by atoms with van der Waals surface area (Å²) in [7, 11) is 0. The van der Waals surface area contributed by atoms with E-state index in [1.807, 2.05) is 54.9 Å². The molecule has 0 saturated heterocycles. The molecule has 0 unspecified atom stereocenters. The molecule has 0 saturated carbocycles. The largest absolute Gasteiger partial charge is 2.00 e. The first-order valence-electron chi connectivity index (χ1n) is 17.3. The van der Waals surface area contributed by atoms with Crippen LogP contribution in [0.2, 0.25) is 0 Å². The van der Waals surface area contributed by atoms with Crippen molar-refractivity contribution in [2.24, 2.45) is 0 Å². The minimum atomic E-state index is -0.714. The molecule has 0 aliphatic heterocycles. The minimum Gasteiger partial charge on any atom is -0.503 e. The van der Waals surface area contributed by atoms with Crippen LogP contribution in [0.1, 0.15) is 75.1 Å². The van der Waals surface area contributed by atoms with Crippen molar-refractivity contribution < 1.29 is 25.8 Å². The van der Waals surface area contributed by atoms with Crippen molar-refractivity contribution in [2.45, 2.75) is 57.8 Å². The zero-order chi connectivity index (χ0) is 34.7. The summed E-state index contributed by atoms with van der Waals surface area (Å²) in [5.41, 5.74) is 10.3. The first kappa shape index (κ1) is 34.6. The Morgan fingerprint density at radius 1 is 0.569 bits per heavy atom. The summed E-state index contributed by atoms with van der Waals surface area (Å²) in [5, 5.41) is 2.25. The van der Waals surface area contributed by atoms with E-state index in [4.69, 9.17) is 14.7 Å². The van der Waals surface area contributed by atoms with Crippen LogP contribution in [0.4, 0.5) is 0 Å². The number of hydrogen-bond acceptors (Lipinski definition) is 3. The van der Waals surface area contributed by atoms with E-state index in [-0.39, 0.29) is 31.9 Å². The van der Waals surface area contributed by atoms with Crippen molar-refractivity contribution in [3.8, 4) is 33.9 Å². The number of nitrogens with zero attached hydrogens (tertiary/aromatic N) is 2. The molecule has 4 heteroatoms. The molecule has 0 fully saturated rings. The average molecular weight is 844 g/mol. The van der Waals surface area contributed by atoms with Crippen LogP contribution in [0.5, 0.6) is 11.5 Å². The average Bonchev–Trinajstić information content (AvgIpc) is 3.41. The normalized spacial score (nSPS) is 13.3. The van der Waals surface area contributed by atoms with Gasteiger partial charge in [-0.1, -0.05) is 120 Å². The van der Waals surface area contributed by atoms with Gasteiger partial charge < -0.3 is 9.72 Å². The molecule has 51 heavy (non-hydrogen) atoms. The van der Waals surface area contributed by atoms with Gasteiger partial charge >= 0.3 is 21.1 Å². The molecule has 7 aromatic rings. The van der Waals surface area contributed by atoms with E-state index in [9.17, 15) is 0 Å². The Labute approximate surface area is 316 Å². The van der Waals surface area contributed by atoms with Gasteiger partial charge in [0.2, 0.25) is 0 Å². The van der Waals surface area contributed by atoms with Crippen molar-refractivity contribution in [1.82, 2.24) is 9.97 Å². The Morgan fingerprint density at radius 3 is 1.80 bits per heavy atom. The smallest absolute Gasteiger partial charge is 0.503 e. The van der Waals surface area contributed by atoms with Crippen molar-refractivity contribution >= 4 is 10.8 Å². The Bertz CT molecular complexity index is 2320. The quantitative estimate of drug-likeness (QED) is 0.162. The van der Waals surface area contributed by atoms with Gasteiger partial charge in [0.1, 0.15) is 0 Å². The Kier molecular flexibility index (Phi) is 8.84. The molecule has 254 valence electrons. The molecular weight excluding hydrogens is 804 g/mol. The maximum absolute atomic E-state index is 6.58. The molecule has 3 nitrogen and oxygen atoms in total. The molecule has 0 bridgehead atoms. The SMILES string of the molecule is CC(C)(C)c1ccc2c(c1)C(c1[c-]c(Oc3[c-]c(-c4cc5ccccc5cn4)ccc3)ccc1)(c1ccccn1)c1cc(C(C)(C)C)ccc1-2.[Pt+2]. The fourth-order valence-corrected chi connectivity index (χ4v) is 7.28. The first-order valence-corrected chi connectivity index (χ1v) is 17.3. The summed E-state index contributed by atoms with van der Waals surface area (Å²) in [6.45, 7) is 13.6. The van der Waals surface area contributed by atoms with Crippen molar-refractivity contribution in [3.63, 3.8) is 0 Å². The molecule has 0 N–H and O–H groups in total. The molecule has 2 heterocycles. The van der Waals surface area contributed by atoms with E-state index in [1.54, 1.807) is 0 Å². The van der Waals surface area contributed by atoms with Gasteiger partial charge in [-0.05, 0) is 72.8 Å². The standard InChI is InChI=1S/C47H40N2O.Pt/c1-45(2,3)34-20-22-39-40-23-21-35(46(4,5)6)29-42(40)47(41(39)28-34,44-19-9-10-24-48-44)36-16-12-18-38(27-36)50-37-17-11-15-32(25-37)43-26-31-13-7-8-14-33(31)30-49-43;/h7-24,26,28-30H,1-6H3;/q-2;+2. The minimum absolute atomic E-state index is 0. The number of hydrogen-bond donors (Lipinski definition) is 0. The number of ether oxygens (including phenoxy) is 1.